The van der Waals surface area contributed by atoms with Crippen molar-refractivity contribution in [3.05, 3.63) is 118 Å². The first-order chi connectivity index (χ1) is 26.2. The van der Waals surface area contributed by atoms with Crippen molar-refractivity contribution in [2.75, 3.05) is 26.1 Å². The van der Waals surface area contributed by atoms with E-state index in [0.717, 1.165) is 0 Å². The normalized spacial score (nSPS) is 11.3. The van der Waals surface area contributed by atoms with Crippen molar-refractivity contribution in [2.45, 2.75) is 24.4 Å². The van der Waals surface area contributed by atoms with Crippen molar-refractivity contribution in [3.8, 4) is 51.4 Å². The number of methoxy groups -OCH3 is 1. The third-order valence-electron chi connectivity index (χ3n) is 6.99. The molecule has 0 N–H and O–H groups in total. The smallest absolute Gasteiger partial charge is 0.422 e. The van der Waals surface area contributed by atoms with Crippen LogP contribution in [-0.4, -0.2) is 77.9 Å². The maximum Gasteiger partial charge on any atom is 0.422 e. The Morgan fingerprint density at radius 3 is 1.51 bits per heavy atom. The molecule has 55 heavy (non-hydrogen) atoms. The molecule has 4 heterocycles. The molecule has 0 bridgehead atoms. The molecular formula is C35H28F6N8O5S. The van der Waals surface area contributed by atoms with Gasteiger partial charge in [0, 0.05) is 23.3 Å². The van der Waals surface area contributed by atoms with Crippen molar-refractivity contribution >= 4 is 11.8 Å². The zero-order chi connectivity index (χ0) is 39.6. The second-order valence-corrected chi connectivity index (χ2v) is 12.1. The molecule has 2 aromatic carbocycles. The quantitative estimate of drug-likeness (QED) is 0.0815. The standard InChI is InChI=1S/C18H15F3N4O2S.C17H13F3N4O3/c1-2-28-17-24-15(12-7-8-22-23-10-12)9-16(26)25(17)13-3-5-14(6-4-13)27-11-18(19,20)21;1-26-16-23-14(11-6-7-21-22-9-11)8-15(25)24(16)12-2-4-13(5-3-12)27-10-17(18,19)20/h3-10H,2,11H2,1H3;2-9H,10H2,1H3. The molecule has 6 rings (SSSR count). The minimum Gasteiger partial charge on any atom is -0.484 e. The van der Waals surface area contributed by atoms with E-state index in [1.165, 1.54) is 113 Å². The van der Waals surface area contributed by atoms with E-state index in [1.54, 1.807) is 12.1 Å². The zero-order valence-corrected chi connectivity index (χ0v) is 29.5. The van der Waals surface area contributed by atoms with E-state index in [2.05, 4.69) is 35.1 Å². The third-order valence-corrected chi connectivity index (χ3v) is 7.81. The summed E-state index contributed by atoms with van der Waals surface area (Å²) in [6.45, 7) is -0.846. The van der Waals surface area contributed by atoms with Crippen LogP contribution in [0.3, 0.4) is 0 Å². The number of hydrogen-bond acceptors (Lipinski definition) is 12. The van der Waals surface area contributed by atoms with Crippen molar-refractivity contribution in [3.63, 3.8) is 0 Å². The fourth-order valence-electron chi connectivity index (χ4n) is 4.65. The molecule has 0 unspecified atom stereocenters. The van der Waals surface area contributed by atoms with E-state index in [0.29, 0.717) is 44.8 Å². The summed E-state index contributed by atoms with van der Waals surface area (Å²) in [5.74, 6) is 0.763. The Kier molecular flexibility index (Phi) is 12.8. The first-order valence-electron chi connectivity index (χ1n) is 15.8. The zero-order valence-electron chi connectivity index (χ0n) is 28.7. The van der Waals surface area contributed by atoms with Gasteiger partial charge in [-0.05, 0) is 66.4 Å². The fraction of sp³-hybridized carbons (Fsp3) is 0.200. The molecule has 0 fully saturated rings. The topological polar surface area (TPSA) is 149 Å². The van der Waals surface area contributed by atoms with Gasteiger partial charge >= 0.3 is 18.4 Å². The van der Waals surface area contributed by atoms with Gasteiger partial charge in [0.1, 0.15) is 11.5 Å². The Morgan fingerprint density at radius 2 is 1.09 bits per heavy atom. The van der Waals surface area contributed by atoms with E-state index in [-0.39, 0.29) is 23.1 Å². The molecule has 4 aromatic heterocycles. The molecule has 0 amide bonds. The van der Waals surface area contributed by atoms with Gasteiger partial charge in [-0.1, -0.05) is 18.7 Å². The number of aromatic nitrogens is 8. The van der Waals surface area contributed by atoms with E-state index in [4.69, 9.17) is 9.47 Å². The Hall–Kier alpha value is -6.31. The monoisotopic (exact) mass is 786 g/mol. The van der Waals surface area contributed by atoms with Gasteiger partial charge in [-0.15, -0.1) is 0 Å². The minimum atomic E-state index is -4.43. The van der Waals surface area contributed by atoms with Crippen LogP contribution in [0.4, 0.5) is 26.3 Å². The van der Waals surface area contributed by atoms with Crippen molar-refractivity contribution in [1.82, 2.24) is 39.5 Å². The van der Waals surface area contributed by atoms with E-state index in [9.17, 15) is 35.9 Å². The second kappa shape index (κ2) is 17.7. The molecule has 13 nitrogen and oxygen atoms in total. The molecule has 0 radical (unpaired) electrons. The van der Waals surface area contributed by atoms with Crippen LogP contribution >= 0.6 is 11.8 Å². The summed E-state index contributed by atoms with van der Waals surface area (Å²) in [6.07, 6.45) is -2.90. The van der Waals surface area contributed by atoms with Crippen molar-refractivity contribution in [2.24, 2.45) is 0 Å². The van der Waals surface area contributed by atoms with Crippen molar-refractivity contribution < 1.29 is 40.6 Å². The van der Waals surface area contributed by atoms with Crippen LogP contribution in [0.15, 0.2) is 112 Å². The van der Waals surface area contributed by atoms with Crippen LogP contribution in [0.25, 0.3) is 33.9 Å². The third kappa shape index (κ3) is 11.1. The molecule has 6 aromatic rings. The highest BCUT2D eigenvalue weighted by Crippen LogP contribution is 2.26. The minimum absolute atomic E-state index is 0.0123. The van der Waals surface area contributed by atoms with E-state index < -0.39 is 31.1 Å². The summed E-state index contributed by atoms with van der Waals surface area (Å²) in [4.78, 5) is 34.1. The molecule has 0 aliphatic heterocycles. The SMILES string of the molecule is CCSc1nc(-c2ccnnc2)cc(=O)n1-c1ccc(OCC(F)(F)F)cc1.COc1nc(-c2ccnnc2)cc(=O)n1-c1ccc(OCC(F)(F)F)cc1. The lowest BCUT2D eigenvalue weighted by molar-refractivity contribution is -0.154. The van der Waals surface area contributed by atoms with Crippen LogP contribution in [0.2, 0.25) is 0 Å². The molecule has 0 saturated heterocycles. The number of benzene rings is 2. The highest BCUT2D eigenvalue weighted by Gasteiger charge is 2.29. The van der Waals surface area contributed by atoms with E-state index >= 15 is 0 Å². The number of halogens is 6. The Morgan fingerprint density at radius 1 is 0.636 bits per heavy atom. The average molecular weight is 787 g/mol. The average Bonchev–Trinajstić information content (AvgIpc) is 3.17. The molecule has 20 heteroatoms. The van der Waals surface area contributed by atoms with Gasteiger partial charge in [0.15, 0.2) is 18.4 Å². The molecular weight excluding hydrogens is 758 g/mol. The van der Waals surface area contributed by atoms with Crippen LogP contribution in [0.1, 0.15) is 6.92 Å². The molecule has 0 aliphatic carbocycles. The molecule has 0 atom stereocenters. The molecule has 0 saturated carbocycles. The lowest BCUT2D eigenvalue weighted by atomic mass is 10.2. The Bertz CT molecular complexity index is 2290. The summed E-state index contributed by atoms with van der Waals surface area (Å²) in [6, 6.07) is 17.4. The van der Waals surface area contributed by atoms with Crippen LogP contribution in [0, 0.1) is 0 Å². The van der Waals surface area contributed by atoms with Crippen LogP contribution in [0.5, 0.6) is 17.5 Å². The Labute approximate surface area is 311 Å². The maximum absolute atomic E-state index is 12.7. The summed E-state index contributed by atoms with van der Waals surface area (Å²) in [5, 5.41) is 15.4. The van der Waals surface area contributed by atoms with Gasteiger partial charge in [0.05, 0.1) is 54.7 Å². The number of thioether (sulfide) groups is 1. The number of rotatable bonds is 11. The number of ether oxygens (including phenoxy) is 3. The van der Waals surface area contributed by atoms with Gasteiger partial charge < -0.3 is 14.2 Å². The van der Waals surface area contributed by atoms with Crippen LogP contribution < -0.4 is 25.3 Å². The van der Waals surface area contributed by atoms with E-state index in [1.807, 2.05) is 6.92 Å². The van der Waals surface area contributed by atoms with Gasteiger partial charge in [-0.25, -0.2) is 9.55 Å². The lowest BCUT2D eigenvalue weighted by Crippen LogP contribution is -2.21. The number of hydrogen-bond donors (Lipinski definition) is 0. The summed E-state index contributed by atoms with van der Waals surface area (Å²) < 4.78 is 90.6. The largest absolute Gasteiger partial charge is 0.484 e. The summed E-state index contributed by atoms with van der Waals surface area (Å²) >= 11 is 1.37. The highest BCUT2D eigenvalue weighted by atomic mass is 32.2. The van der Waals surface area contributed by atoms with Crippen LogP contribution in [-0.2, 0) is 0 Å². The highest BCUT2D eigenvalue weighted by molar-refractivity contribution is 7.99. The van der Waals surface area contributed by atoms with Crippen molar-refractivity contribution in [1.29, 1.82) is 0 Å². The van der Waals surface area contributed by atoms with Gasteiger partial charge in [0.2, 0.25) is 0 Å². The molecule has 0 aliphatic rings. The number of alkyl halides is 6. The molecule has 286 valence electrons. The Balaban J connectivity index is 0.000000211. The second-order valence-electron chi connectivity index (χ2n) is 10.9. The predicted molar refractivity (Wildman–Crippen MR) is 188 cm³/mol. The summed E-state index contributed by atoms with van der Waals surface area (Å²) in [5.41, 5.74) is 2.16. The van der Waals surface area contributed by atoms with Gasteiger partial charge in [-0.2, -0.15) is 51.7 Å². The van der Waals surface area contributed by atoms with Gasteiger partial charge in [-0.3, -0.25) is 14.2 Å². The maximum atomic E-state index is 12.7. The summed E-state index contributed by atoms with van der Waals surface area (Å²) in [7, 11) is 1.35. The van der Waals surface area contributed by atoms with Gasteiger partial charge in [0.25, 0.3) is 11.1 Å². The molecule has 0 spiro atoms. The fourth-order valence-corrected chi connectivity index (χ4v) is 5.40. The lowest BCUT2D eigenvalue weighted by Gasteiger charge is -2.14. The first kappa shape index (κ1) is 39.9. The predicted octanol–water partition coefficient (Wildman–Crippen LogP) is 6.38. The first-order valence-corrected chi connectivity index (χ1v) is 16.8. The number of nitrogens with zero attached hydrogens (tertiary/aromatic N) is 8.